The lowest BCUT2D eigenvalue weighted by Gasteiger charge is -2.32. The molecular weight excluding hydrogens is 489 g/mol. The largest absolute Gasteiger partial charge is 0.379 e. The fourth-order valence-corrected chi connectivity index (χ4v) is 4.19. The van der Waals surface area contributed by atoms with Crippen molar-refractivity contribution < 1.29 is 9.53 Å². The van der Waals surface area contributed by atoms with Gasteiger partial charge in [-0.25, -0.2) is 4.99 Å². The van der Waals surface area contributed by atoms with Crippen LogP contribution < -0.4 is 5.32 Å². The molecule has 0 radical (unpaired) electrons. The number of thiophene rings is 1. The smallest absolute Gasteiger partial charge is 0.243 e. The Morgan fingerprint density at radius 1 is 1.36 bits per heavy atom. The van der Waals surface area contributed by atoms with E-state index < -0.39 is 0 Å². The fraction of sp³-hybridized carbons (Fsp3) is 0.684. The van der Waals surface area contributed by atoms with Gasteiger partial charge in [-0.2, -0.15) is 0 Å². The molecule has 0 aliphatic carbocycles. The summed E-state index contributed by atoms with van der Waals surface area (Å²) in [6, 6.07) is 4.78. The molecule has 1 amide bonds. The summed E-state index contributed by atoms with van der Waals surface area (Å²) in [6.07, 6.45) is 2.10. The van der Waals surface area contributed by atoms with Crippen molar-refractivity contribution in [3.63, 3.8) is 0 Å². The Labute approximate surface area is 189 Å². The van der Waals surface area contributed by atoms with E-state index in [2.05, 4.69) is 37.6 Å². The first kappa shape index (κ1) is 23.4. The van der Waals surface area contributed by atoms with Gasteiger partial charge in [0.05, 0.1) is 13.2 Å². The third-order valence-electron chi connectivity index (χ3n) is 5.12. The highest BCUT2D eigenvalue weighted by Crippen LogP contribution is 2.17. The molecule has 1 aromatic heterocycles. The average molecular weight is 521 g/mol. The maximum absolute atomic E-state index is 12.0. The van der Waals surface area contributed by atoms with Gasteiger partial charge < -0.3 is 19.9 Å². The zero-order chi connectivity index (χ0) is 19.1. The van der Waals surface area contributed by atoms with Gasteiger partial charge in [0.2, 0.25) is 5.91 Å². The molecule has 2 saturated heterocycles. The lowest BCUT2D eigenvalue weighted by Crippen LogP contribution is -2.47. The standard InChI is InChI=1S/C19H31N5O2S.HI/c1-22(2)18(25)14-21-19(20-7-5-17-4-3-13-27-17)24-8-6-16(15-24)23-9-11-26-12-10-23;/h3-4,13,16H,5-12,14-15H2,1-2H3,(H,20,21);1H. The maximum atomic E-state index is 12.0. The molecule has 2 aliphatic heterocycles. The molecule has 0 saturated carbocycles. The van der Waals surface area contributed by atoms with Gasteiger partial charge in [-0.15, -0.1) is 35.3 Å². The molecule has 28 heavy (non-hydrogen) atoms. The first-order valence-corrected chi connectivity index (χ1v) is 10.6. The van der Waals surface area contributed by atoms with Crippen LogP contribution in [0.1, 0.15) is 11.3 Å². The van der Waals surface area contributed by atoms with Crippen LogP contribution >= 0.6 is 35.3 Å². The summed E-state index contributed by atoms with van der Waals surface area (Å²) in [4.78, 5) is 24.4. The van der Waals surface area contributed by atoms with Gasteiger partial charge in [0.15, 0.2) is 5.96 Å². The number of likely N-dealkylation sites (N-methyl/N-ethyl adjacent to an activating group) is 1. The van der Waals surface area contributed by atoms with E-state index in [-0.39, 0.29) is 36.4 Å². The van der Waals surface area contributed by atoms with Gasteiger partial charge >= 0.3 is 0 Å². The van der Waals surface area contributed by atoms with Crippen LogP contribution in [0.25, 0.3) is 0 Å². The van der Waals surface area contributed by atoms with Crippen LogP contribution in [-0.4, -0.2) is 99.2 Å². The second-order valence-corrected chi connectivity index (χ2v) is 8.25. The van der Waals surface area contributed by atoms with Crippen molar-refractivity contribution in [2.45, 2.75) is 18.9 Å². The first-order chi connectivity index (χ1) is 13.1. The predicted molar refractivity (Wildman–Crippen MR) is 125 cm³/mol. The second kappa shape index (κ2) is 11.9. The van der Waals surface area contributed by atoms with Crippen LogP contribution in [-0.2, 0) is 16.0 Å². The SMILES string of the molecule is CN(C)C(=O)CN=C(NCCc1cccs1)N1CCC(N2CCOCC2)C1.I. The quantitative estimate of drug-likeness (QED) is 0.348. The highest BCUT2D eigenvalue weighted by Gasteiger charge is 2.30. The Bertz CT molecular complexity index is 620. The van der Waals surface area contributed by atoms with Gasteiger partial charge in [-0.3, -0.25) is 9.69 Å². The Hall–Kier alpha value is -0.910. The molecule has 158 valence electrons. The molecule has 3 heterocycles. The summed E-state index contributed by atoms with van der Waals surface area (Å²) in [6.45, 7) is 6.62. The number of hydrogen-bond donors (Lipinski definition) is 1. The highest BCUT2D eigenvalue weighted by atomic mass is 127. The third kappa shape index (κ3) is 6.85. The number of nitrogens with zero attached hydrogens (tertiary/aromatic N) is 4. The molecule has 0 bridgehead atoms. The number of rotatable bonds is 6. The van der Waals surface area contributed by atoms with Crippen LogP contribution in [0.4, 0.5) is 0 Å². The zero-order valence-electron chi connectivity index (χ0n) is 16.8. The van der Waals surface area contributed by atoms with Gasteiger partial charge in [0.25, 0.3) is 0 Å². The molecule has 1 unspecified atom stereocenters. The van der Waals surface area contributed by atoms with Crippen LogP contribution in [0, 0.1) is 0 Å². The van der Waals surface area contributed by atoms with E-state index in [0.29, 0.717) is 6.04 Å². The summed E-state index contributed by atoms with van der Waals surface area (Å²) in [5.74, 6) is 0.883. The number of amides is 1. The van der Waals surface area contributed by atoms with Crippen LogP contribution in [0.15, 0.2) is 22.5 Å². The summed E-state index contributed by atoms with van der Waals surface area (Å²) in [5, 5.41) is 5.59. The van der Waals surface area contributed by atoms with E-state index in [4.69, 9.17) is 4.74 Å². The van der Waals surface area contributed by atoms with Crippen molar-refractivity contribution in [3.05, 3.63) is 22.4 Å². The molecule has 2 fully saturated rings. The molecule has 9 heteroatoms. The van der Waals surface area contributed by atoms with Gasteiger partial charge in [0.1, 0.15) is 6.54 Å². The van der Waals surface area contributed by atoms with Crippen molar-refractivity contribution in [1.82, 2.24) is 20.0 Å². The second-order valence-electron chi connectivity index (χ2n) is 7.22. The topological polar surface area (TPSA) is 60.4 Å². The monoisotopic (exact) mass is 521 g/mol. The van der Waals surface area contributed by atoms with Crippen molar-refractivity contribution in [3.8, 4) is 0 Å². The maximum Gasteiger partial charge on any atom is 0.243 e. The van der Waals surface area contributed by atoms with Crippen LogP contribution in [0.3, 0.4) is 0 Å². The van der Waals surface area contributed by atoms with Gasteiger partial charge in [0, 0.05) is 57.7 Å². The van der Waals surface area contributed by atoms with Gasteiger partial charge in [-0.1, -0.05) is 6.07 Å². The van der Waals surface area contributed by atoms with E-state index in [1.54, 1.807) is 30.3 Å². The Balaban J connectivity index is 0.00000280. The average Bonchev–Trinajstić information content (AvgIpc) is 3.37. The minimum absolute atomic E-state index is 0. The van der Waals surface area contributed by atoms with Crippen molar-refractivity contribution >= 4 is 47.2 Å². The molecule has 3 rings (SSSR count). The van der Waals surface area contributed by atoms with Crippen molar-refractivity contribution in [2.75, 3.05) is 66.6 Å². The van der Waals surface area contributed by atoms with Crippen LogP contribution in [0.5, 0.6) is 0 Å². The molecule has 1 N–H and O–H groups in total. The lowest BCUT2D eigenvalue weighted by molar-refractivity contribution is -0.127. The number of halogens is 1. The molecule has 1 atom stereocenters. The molecule has 7 nitrogen and oxygen atoms in total. The zero-order valence-corrected chi connectivity index (χ0v) is 19.9. The number of aliphatic imine (C=N–C) groups is 1. The van der Waals surface area contributed by atoms with E-state index in [9.17, 15) is 4.79 Å². The lowest BCUT2D eigenvalue weighted by atomic mass is 10.2. The normalized spacial score (nSPS) is 20.7. The molecule has 2 aliphatic rings. The van der Waals surface area contributed by atoms with E-state index in [1.165, 1.54) is 4.88 Å². The Morgan fingerprint density at radius 3 is 2.82 bits per heavy atom. The molecule has 1 aromatic rings. The number of nitrogens with one attached hydrogen (secondary N) is 1. The number of likely N-dealkylation sites (tertiary alicyclic amines) is 1. The number of morpholine rings is 1. The number of ether oxygens (including phenoxy) is 1. The van der Waals surface area contributed by atoms with E-state index in [0.717, 1.165) is 64.7 Å². The highest BCUT2D eigenvalue weighted by molar-refractivity contribution is 14.0. The first-order valence-electron chi connectivity index (χ1n) is 9.71. The summed E-state index contributed by atoms with van der Waals surface area (Å²) in [5.41, 5.74) is 0. The molecule has 0 spiro atoms. The van der Waals surface area contributed by atoms with E-state index >= 15 is 0 Å². The van der Waals surface area contributed by atoms with Gasteiger partial charge in [-0.05, 0) is 24.3 Å². The Kier molecular flexibility index (Phi) is 9.96. The summed E-state index contributed by atoms with van der Waals surface area (Å²) < 4.78 is 5.48. The fourth-order valence-electron chi connectivity index (χ4n) is 3.48. The predicted octanol–water partition coefficient (Wildman–Crippen LogP) is 1.35. The minimum atomic E-state index is 0. The van der Waals surface area contributed by atoms with Crippen LogP contribution in [0.2, 0.25) is 0 Å². The summed E-state index contributed by atoms with van der Waals surface area (Å²) in [7, 11) is 3.54. The van der Waals surface area contributed by atoms with Crippen molar-refractivity contribution in [1.29, 1.82) is 0 Å². The minimum Gasteiger partial charge on any atom is -0.379 e. The number of carbonyl (C=O) groups excluding carboxylic acids is 1. The van der Waals surface area contributed by atoms with Crippen molar-refractivity contribution in [2.24, 2.45) is 4.99 Å². The molecular formula is C19H32IN5O2S. The third-order valence-corrected chi connectivity index (χ3v) is 6.06. The Morgan fingerprint density at radius 2 is 2.14 bits per heavy atom. The summed E-state index contributed by atoms with van der Waals surface area (Å²) >= 11 is 1.78. The number of hydrogen-bond acceptors (Lipinski definition) is 5. The number of guanidine groups is 1. The number of carbonyl (C=O) groups is 1. The molecule has 0 aromatic carbocycles. The van der Waals surface area contributed by atoms with E-state index in [1.807, 2.05) is 0 Å².